The molecule has 0 aromatic carbocycles. The number of hydrogen-bond donors (Lipinski definition) is 1. The van der Waals surface area contributed by atoms with Crippen molar-refractivity contribution >= 4 is 5.97 Å². The number of hydrogen-bond acceptors (Lipinski definition) is 3. The molecule has 0 atom stereocenters. The molecule has 96 valence electrons. The molecule has 0 heterocycles. The molecule has 0 aliphatic carbocycles. The molecule has 0 bridgehead atoms. The first kappa shape index (κ1) is 15.4. The maximum atomic E-state index is 11.1. The van der Waals surface area contributed by atoms with Crippen LogP contribution in [0.4, 0.5) is 0 Å². The number of carbonyl (C=O) groups excluding carboxylic acids is 1. The van der Waals surface area contributed by atoms with Gasteiger partial charge in [-0.2, -0.15) is 0 Å². The van der Waals surface area contributed by atoms with Gasteiger partial charge in [0, 0.05) is 13.0 Å². The van der Waals surface area contributed by atoms with Crippen LogP contribution in [0.25, 0.3) is 0 Å². The molecule has 3 nitrogen and oxygen atoms in total. The van der Waals surface area contributed by atoms with E-state index in [2.05, 4.69) is 0 Å². The van der Waals surface area contributed by atoms with Crippen LogP contribution in [-0.4, -0.2) is 24.3 Å². The van der Waals surface area contributed by atoms with E-state index in [-0.39, 0.29) is 5.97 Å². The van der Waals surface area contributed by atoms with E-state index >= 15 is 0 Å². The van der Waals surface area contributed by atoms with Crippen LogP contribution >= 0.6 is 0 Å². The molecule has 0 aliphatic rings. The number of aliphatic hydroxyl groups excluding tert-OH is 1. The molecule has 1 N–H and O–H groups in total. The third kappa shape index (κ3) is 11.5. The first-order valence-corrected chi connectivity index (χ1v) is 6.57. The molecule has 0 radical (unpaired) electrons. The number of aliphatic hydroxyl groups is 1. The van der Waals surface area contributed by atoms with Crippen molar-refractivity contribution in [2.75, 3.05) is 13.2 Å². The first-order chi connectivity index (χ1) is 7.81. The minimum absolute atomic E-state index is 0.0536. The van der Waals surface area contributed by atoms with Gasteiger partial charge in [-0.3, -0.25) is 4.79 Å². The second kappa shape index (κ2) is 12.5. The fraction of sp³-hybridized carbons (Fsp3) is 0.923. The van der Waals surface area contributed by atoms with E-state index in [1.54, 1.807) is 0 Å². The van der Waals surface area contributed by atoms with Crippen molar-refractivity contribution in [1.82, 2.24) is 0 Å². The molecule has 16 heavy (non-hydrogen) atoms. The van der Waals surface area contributed by atoms with E-state index in [4.69, 9.17) is 9.84 Å². The summed E-state index contributed by atoms with van der Waals surface area (Å²) in [7, 11) is 0. The lowest BCUT2D eigenvalue weighted by Gasteiger charge is -2.03. The molecule has 0 rings (SSSR count). The summed E-state index contributed by atoms with van der Waals surface area (Å²) in [6, 6.07) is 0. The zero-order valence-electron chi connectivity index (χ0n) is 10.5. The van der Waals surface area contributed by atoms with Crippen LogP contribution in [0.5, 0.6) is 0 Å². The Balaban J connectivity index is 3.05. The second-order valence-corrected chi connectivity index (χ2v) is 4.17. The minimum Gasteiger partial charge on any atom is -0.466 e. The normalized spacial score (nSPS) is 10.4. The molecule has 0 saturated carbocycles. The van der Waals surface area contributed by atoms with Crippen LogP contribution < -0.4 is 0 Å². The Bertz CT molecular complexity index is 157. The van der Waals surface area contributed by atoms with E-state index in [0.717, 1.165) is 32.1 Å². The summed E-state index contributed by atoms with van der Waals surface area (Å²) >= 11 is 0. The third-order valence-corrected chi connectivity index (χ3v) is 2.51. The van der Waals surface area contributed by atoms with Crippen molar-refractivity contribution in [2.45, 2.75) is 64.7 Å². The maximum absolute atomic E-state index is 11.1. The highest BCUT2D eigenvalue weighted by atomic mass is 16.5. The SMILES string of the molecule is CCCOC(=O)CCCCCCCCCO. The summed E-state index contributed by atoms with van der Waals surface area (Å²) in [5, 5.41) is 8.59. The zero-order chi connectivity index (χ0) is 12.1. The van der Waals surface area contributed by atoms with Gasteiger partial charge in [-0.1, -0.05) is 39.0 Å². The summed E-state index contributed by atoms with van der Waals surface area (Å²) in [5.74, 6) is -0.0536. The standard InChI is InChI=1S/C13H26O3/c1-2-12-16-13(15)10-8-6-4-3-5-7-9-11-14/h14H,2-12H2,1H3. The monoisotopic (exact) mass is 230 g/mol. The molecule has 0 aromatic rings. The molecule has 0 amide bonds. The topological polar surface area (TPSA) is 46.5 Å². The lowest BCUT2D eigenvalue weighted by atomic mass is 10.1. The quantitative estimate of drug-likeness (QED) is 0.438. The number of esters is 1. The Labute approximate surface area is 99.2 Å². The van der Waals surface area contributed by atoms with Crippen molar-refractivity contribution in [3.05, 3.63) is 0 Å². The maximum Gasteiger partial charge on any atom is 0.305 e. The second-order valence-electron chi connectivity index (χ2n) is 4.17. The van der Waals surface area contributed by atoms with Gasteiger partial charge in [0.1, 0.15) is 0 Å². The molecule has 0 aliphatic heterocycles. The highest BCUT2D eigenvalue weighted by Gasteiger charge is 2.01. The summed E-state index contributed by atoms with van der Waals surface area (Å²) in [6.45, 7) is 2.86. The summed E-state index contributed by atoms with van der Waals surface area (Å²) in [4.78, 5) is 11.1. The Morgan fingerprint density at radius 2 is 1.56 bits per heavy atom. The lowest BCUT2D eigenvalue weighted by molar-refractivity contribution is -0.143. The number of ether oxygens (including phenoxy) is 1. The van der Waals surface area contributed by atoms with Gasteiger partial charge in [-0.15, -0.1) is 0 Å². The van der Waals surface area contributed by atoms with Crippen LogP contribution in [0.2, 0.25) is 0 Å². The number of carbonyl (C=O) groups is 1. The average molecular weight is 230 g/mol. The van der Waals surface area contributed by atoms with E-state index < -0.39 is 0 Å². The van der Waals surface area contributed by atoms with Gasteiger partial charge < -0.3 is 9.84 Å². The molecular formula is C13H26O3. The van der Waals surface area contributed by atoms with Crippen molar-refractivity contribution in [3.8, 4) is 0 Å². The van der Waals surface area contributed by atoms with Crippen molar-refractivity contribution in [1.29, 1.82) is 0 Å². The smallest absolute Gasteiger partial charge is 0.305 e. The molecule has 0 unspecified atom stereocenters. The predicted molar refractivity (Wildman–Crippen MR) is 65.3 cm³/mol. The number of rotatable bonds is 11. The van der Waals surface area contributed by atoms with Gasteiger partial charge in [-0.25, -0.2) is 0 Å². The van der Waals surface area contributed by atoms with Crippen LogP contribution in [0.1, 0.15) is 64.7 Å². The van der Waals surface area contributed by atoms with Gasteiger partial charge in [0.2, 0.25) is 0 Å². The number of unbranched alkanes of at least 4 members (excludes halogenated alkanes) is 6. The van der Waals surface area contributed by atoms with Gasteiger partial charge in [-0.05, 0) is 19.3 Å². The highest BCUT2D eigenvalue weighted by molar-refractivity contribution is 5.69. The van der Waals surface area contributed by atoms with E-state index in [1.807, 2.05) is 6.92 Å². The molecule has 0 aromatic heterocycles. The molecular weight excluding hydrogens is 204 g/mol. The van der Waals surface area contributed by atoms with Gasteiger partial charge in [0.25, 0.3) is 0 Å². The molecule has 3 heteroatoms. The Kier molecular flexibility index (Phi) is 12.1. The van der Waals surface area contributed by atoms with E-state index in [1.165, 1.54) is 19.3 Å². The van der Waals surface area contributed by atoms with Crippen LogP contribution in [0.15, 0.2) is 0 Å². The van der Waals surface area contributed by atoms with Gasteiger partial charge >= 0.3 is 5.97 Å². The Morgan fingerprint density at radius 1 is 1.00 bits per heavy atom. The van der Waals surface area contributed by atoms with E-state index in [0.29, 0.717) is 19.6 Å². The highest BCUT2D eigenvalue weighted by Crippen LogP contribution is 2.08. The third-order valence-electron chi connectivity index (χ3n) is 2.51. The Morgan fingerprint density at radius 3 is 2.12 bits per heavy atom. The molecule has 0 fully saturated rings. The molecule has 0 saturated heterocycles. The fourth-order valence-electron chi connectivity index (χ4n) is 1.55. The molecule has 0 spiro atoms. The minimum atomic E-state index is -0.0536. The van der Waals surface area contributed by atoms with Crippen LogP contribution in [-0.2, 0) is 9.53 Å². The van der Waals surface area contributed by atoms with Crippen molar-refractivity contribution < 1.29 is 14.6 Å². The predicted octanol–water partition coefficient (Wildman–Crippen LogP) is 3.05. The summed E-state index contributed by atoms with van der Waals surface area (Å²) in [6.07, 6.45) is 9.16. The zero-order valence-corrected chi connectivity index (χ0v) is 10.5. The van der Waals surface area contributed by atoms with Crippen molar-refractivity contribution in [3.63, 3.8) is 0 Å². The summed E-state index contributed by atoms with van der Waals surface area (Å²) in [5.41, 5.74) is 0. The van der Waals surface area contributed by atoms with Crippen LogP contribution in [0.3, 0.4) is 0 Å². The fourth-order valence-corrected chi connectivity index (χ4v) is 1.55. The lowest BCUT2D eigenvalue weighted by Crippen LogP contribution is -2.04. The van der Waals surface area contributed by atoms with Gasteiger partial charge in [0.15, 0.2) is 0 Å². The average Bonchev–Trinajstić information content (AvgIpc) is 2.30. The largest absolute Gasteiger partial charge is 0.466 e. The van der Waals surface area contributed by atoms with Gasteiger partial charge in [0.05, 0.1) is 6.61 Å². The van der Waals surface area contributed by atoms with Crippen LogP contribution in [0, 0.1) is 0 Å². The van der Waals surface area contributed by atoms with Crippen molar-refractivity contribution in [2.24, 2.45) is 0 Å². The van der Waals surface area contributed by atoms with E-state index in [9.17, 15) is 4.79 Å². The Hall–Kier alpha value is -0.570. The summed E-state index contributed by atoms with van der Waals surface area (Å²) < 4.78 is 4.98. The first-order valence-electron chi connectivity index (χ1n) is 6.57.